The molecule has 293 valence electrons. The second-order valence-corrected chi connectivity index (χ2v) is 23.6. The van der Waals surface area contributed by atoms with Gasteiger partial charge in [-0.3, -0.25) is 4.98 Å². The molecule has 0 spiro atoms. The summed E-state index contributed by atoms with van der Waals surface area (Å²) in [5.41, 5.74) is 15.3. The van der Waals surface area contributed by atoms with Crippen molar-refractivity contribution in [3.63, 3.8) is 0 Å². The molecule has 7 heteroatoms. The predicted molar refractivity (Wildman–Crippen MR) is 234 cm³/mol. The number of hydrogen-bond acceptors (Lipinski definition) is 5. The van der Waals surface area contributed by atoms with E-state index >= 15 is 0 Å². The summed E-state index contributed by atoms with van der Waals surface area (Å²) in [7, 11) is -1.37. The molecule has 0 aliphatic heterocycles. The van der Waals surface area contributed by atoms with Crippen molar-refractivity contribution in [1.29, 1.82) is 0 Å². The van der Waals surface area contributed by atoms with E-state index in [0.717, 1.165) is 74.2 Å². The first-order chi connectivity index (χ1) is 25.8. The van der Waals surface area contributed by atoms with E-state index in [1.807, 2.05) is 43.6 Å². The summed E-state index contributed by atoms with van der Waals surface area (Å²) >= 11 is 0. The van der Waals surface area contributed by atoms with Gasteiger partial charge in [-0.25, -0.2) is 4.98 Å². The average Bonchev–Trinajstić information content (AvgIpc) is 3.45. The van der Waals surface area contributed by atoms with Crippen LogP contribution in [0.4, 0.5) is 0 Å². The molecular weight excluding hydrogens is 881 g/mol. The molecular formula is C49H56IrN4OSi-2. The quantitative estimate of drug-likeness (QED) is 0.123. The third kappa shape index (κ3) is 10.2. The Morgan fingerprint density at radius 2 is 1.34 bits per heavy atom. The van der Waals surface area contributed by atoms with Crippen molar-refractivity contribution in [1.82, 2.24) is 19.9 Å². The number of benzene rings is 2. The van der Waals surface area contributed by atoms with Crippen molar-refractivity contribution in [3.05, 3.63) is 125 Å². The summed E-state index contributed by atoms with van der Waals surface area (Å²) in [6.45, 7) is 29.2. The smallest absolute Gasteiger partial charge is 0.216 e. The van der Waals surface area contributed by atoms with Crippen LogP contribution in [0.2, 0.25) is 19.6 Å². The first-order valence-electron chi connectivity index (χ1n) is 19.4. The zero-order valence-electron chi connectivity index (χ0n) is 35.5. The van der Waals surface area contributed by atoms with E-state index in [1.54, 1.807) is 0 Å². The molecule has 0 saturated carbocycles. The minimum Gasteiger partial charge on any atom is -0.486 e. The number of fused-ring (bicyclic) bond motifs is 3. The molecule has 0 atom stereocenters. The normalized spacial score (nSPS) is 12.0. The first kappa shape index (κ1) is 42.8. The van der Waals surface area contributed by atoms with Crippen molar-refractivity contribution in [2.75, 3.05) is 0 Å². The molecule has 0 fully saturated rings. The zero-order valence-corrected chi connectivity index (χ0v) is 38.8. The van der Waals surface area contributed by atoms with E-state index in [-0.39, 0.29) is 30.9 Å². The first-order valence-corrected chi connectivity index (χ1v) is 22.9. The minimum atomic E-state index is -1.37. The van der Waals surface area contributed by atoms with E-state index < -0.39 is 8.07 Å². The van der Waals surface area contributed by atoms with Crippen LogP contribution < -0.4 is 5.19 Å². The molecule has 56 heavy (non-hydrogen) atoms. The summed E-state index contributed by atoms with van der Waals surface area (Å²) in [6, 6.07) is 27.5. The van der Waals surface area contributed by atoms with Gasteiger partial charge in [0.2, 0.25) is 5.71 Å². The average molecular weight is 937 g/mol. The van der Waals surface area contributed by atoms with E-state index in [2.05, 4.69) is 147 Å². The molecule has 0 aliphatic carbocycles. The molecule has 7 rings (SSSR count). The van der Waals surface area contributed by atoms with Gasteiger partial charge in [-0.1, -0.05) is 89.8 Å². The maximum atomic E-state index is 6.04. The van der Waals surface area contributed by atoms with Crippen molar-refractivity contribution in [2.24, 2.45) is 10.8 Å². The Hall–Kier alpha value is -4.29. The third-order valence-electron chi connectivity index (χ3n) is 9.79. The van der Waals surface area contributed by atoms with Gasteiger partial charge in [0.15, 0.2) is 0 Å². The topological polar surface area (TPSA) is 64.7 Å². The predicted octanol–water partition coefficient (Wildman–Crippen LogP) is 12.4. The summed E-state index contributed by atoms with van der Waals surface area (Å²) < 4.78 is 6.04. The van der Waals surface area contributed by atoms with Crippen LogP contribution in [0, 0.1) is 50.7 Å². The van der Waals surface area contributed by atoms with Gasteiger partial charge in [0, 0.05) is 66.6 Å². The fourth-order valence-corrected chi connectivity index (χ4v) is 8.99. The number of nitrogens with zero attached hydrogens (tertiary/aromatic N) is 4. The Morgan fingerprint density at radius 1 is 0.679 bits per heavy atom. The van der Waals surface area contributed by atoms with Gasteiger partial charge in [-0.2, -0.15) is 0 Å². The molecule has 1 radical (unpaired) electrons. The molecule has 5 aromatic heterocycles. The Kier molecular flexibility index (Phi) is 12.7. The zero-order chi connectivity index (χ0) is 39.9. The second kappa shape index (κ2) is 16.7. The molecule has 5 nitrogen and oxygen atoms in total. The van der Waals surface area contributed by atoms with Crippen LogP contribution in [-0.2, 0) is 32.9 Å². The van der Waals surface area contributed by atoms with Crippen LogP contribution in [0.5, 0.6) is 0 Å². The SMILES string of the molecule is CC(C)(C)Cc1cc(-c2[c-]cccc2)ncc1[Si](C)(C)C.Cc1cc(C)c(-c2cnc3oc4c[c-]c(-c5cc(CC(C)(C)C)c(C)cn5)cc4c3c2)c(C)n1.[Ir]. The van der Waals surface area contributed by atoms with Gasteiger partial charge < -0.3 is 14.4 Å². The maximum absolute atomic E-state index is 6.04. The monoisotopic (exact) mass is 937 g/mol. The van der Waals surface area contributed by atoms with Gasteiger partial charge in [0.25, 0.3) is 0 Å². The fourth-order valence-electron chi connectivity index (χ4n) is 7.41. The molecule has 0 bridgehead atoms. The Morgan fingerprint density at radius 3 is 1.98 bits per heavy atom. The van der Waals surface area contributed by atoms with E-state index in [1.165, 1.54) is 27.4 Å². The van der Waals surface area contributed by atoms with Gasteiger partial charge in [0.05, 0.1) is 13.7 Å². The van der Waals surface area contributed by atoms with Crippen molar-refractivity contribution in [2.45, 2.75) is 102 Å². The summed E-state index contributed by atoms with van der Waals surface area (Å²) in [4.78, 5) is 18.7. The van der Waals surface area contributed by atoms with E-state index in [0.29, 0.717) is 5.71 Å². The van der Waals surface area contributed by atoms with Crippen LogP contribution in [0.3, 0.4) is 0 Å². The Labute approximate surface area is 349 Å². The number of aromatic nitrogens is 4. The van der Waals surface area contributed by atoms with Crippen molar-refractivity contribution >= 4 is 35.3 Å². The van der Waals surface area contributed by atoms with Crippen molar-refractivity contribution < 1.29 is 24.5 Å². The summed E-state index contributed by atoms with van der Waals surface area (Å²) in [6.07, 6.45) is 8.06. The largest absolute Gasteiger partial charge is 0.486 e. The minimum absolute atomic E-state index is 0. The summed E-state index contributed by atoms with van der Waals surface area (Å²) in [5, 5.41) is 3.49. The van der Waals surface area contributed by atoms with Gasteiger partial charge >= 0.3 is 0 Å². The molecule has 0 saturated heterocycles. The van der Waals surface area contributed by atoms with Gasteiger partial charge in [0.1, 0.15) is 0 Å². The molecule has 5 heterocycles. The van der Waals surface area contributed by atoms with Crippen LogP contribution in [-0.4, -0.2) is 28.0 Å². The van der Waals surface area contributed by atoms with Crippen LogP contribution >= 0.6 is 0 Å². The number of rotatable bonds is 6. The maximum Gasteiger partial charge on any atom is 0.216 e. The van der Waals surface area contributed by atoms with Crippen LogP contribution in [0.15, 0.2) is 83.7 Å². The molecule has 0 amide bonds. The summed E-state index contributed by atoms with van der Waals surface area (Å²) in [5.74, 6) is 0. The molecule has 0 unspecified atom stereocenters. The van der Waals surface area contributed by atoms with Crippen LogP contribution in [0.25, 0.3) is 55.7 Å². The van der Waals surface area contributed by atoms with Crippen molar-refractivity contribution in [3.8, 4) is 33.6 Å². The fraction of sp³-hybridized carbons (Fsp3) is 0.347. The molecule has 2 aromatic carbocycles. The second-order valence-electron chi connectivity index (χ2n) is 18.6. The molecule has 7 aromatic rings. The third-order valence-corrected chi connectivity index (χ3v) is 11.9. The number of hydrogen-bond donors (Lipinski definition) is 0. The van der Waals surface area contributed by atoms with Gasteiger partial charge in [-0.15, -0.1) is 59.7 Å². The van der Waals surface area contributed by atoms with E-state index in [4.69, 9.17) is 14.4 Å². The molecule has 0 N–H and O–H groups in total. The standard InChI is InChI=1S/C30H30N3O.C19H26NSi.Ir/c1-17-10-19(3)33-20(4)28(17)23-12-25-24-11-21(8-9-27(24)34-29(25)32-16-23)26-13-22(14-30(5,6)7)18(2)15-31-26;1-19(2,3)13-16-12-17(15-10-8-7-9-11-15)20-14-18(16)21(4,5)6;/h9-13,15-16H,14H2,1-7H3;7-10,12,14H,13H2,1-6H3;/q2*-1;. The number of aryl methyl sites for hydroxylation is 4. The van der Waals surface area contributed by atoms with Gasteiger partial charge in [-0.05, 0) is 91.2 Å². The molecule has 0 aliphatic rings. The number of pyridine rings is 4. The Bertz CT molecular complexity index is 2460. The van der Waals surface area contributed by atoms with E-state index in [9.17, 15) is 0 Å². The van der Waals surface area contributed by atoms with Crippen LogP contribution in [0.1, 0.15) is 75.2 Å². The Balaban J connectivity index is 0.000000236. The number of furan rings is 1.